The van der Waals surface area contributed by atoms with Crippen molar-refractivity contribution in [2.24, 2.45) is 0 Å². The lowest BCUT2D eigenvalue weighted by Crippen LogP contribution is -2.12. The summed E-state index contributed by atoms with van der Waals surface area (Å²) in [5.74, 6) is 1.13. The summed E-state index contributed by atoms with van der Waals surface area (Å²) in [6, 6.07) is 3.59. The number of H-pyrrole nitrogens is 1. The van der Waals surface area contributed by atoms with Gasteiger partial charge in [-0.15, -0.1) is 0 Å². The van der Waals surface area contributed by atoms with Crippen molar-refractivity contribution in [3.8, 4) is 11.4 Å². The van der Waals surface area contributed by atoms with Crippen molar-refractivity contribution in [1.29, 1.82) is 0 Å². The SMILES string of the molecule is CCc1cnccc1-c1nc(C2CCCC2)cc(=O)[nH]1. The fourth-order valence-corrected chi connectivity index (χ4v) is 2.97. The highest BCUT2D eigenvalue weighted by Gasteiger charge is 2.20. The maximum Gasteiger partial charge on any atom is 0.251 e. The third-order valence-electron chi connectivity index (χ3n) is 4.07. The highest BCUT2D eigenvalue weighted by atomic mass is 16.1. The van der Waals surface area contributed by atoms with E-state index in [-0.39, 0.29) is 5.56 Å². The molecule has 4 heteroatoms. The number of nitrogens with zero attached hydrogens (tertiary/aromatic N) is 2. The quantitative estimate of drug-likeness (QED) is 0.931. The van der Waals surface area contributed by atoms with Gasteiger partial charge in [-0.3, -0.25) is 9.78 Å². The number of aromatic nitrogens is 3. The van der Waals surface area contributed by atoms with Crippen molar-refractivity contribution in [2.75, 3.05) is 0 Å². The Balaban J connectivity index is 2.07. The lowest BCUT2D eigenvalue weighted by Gasteiger charge is -2.11. The Bertz CT molecular complexity index is 657. The van der Waals surface area contributed by atoms with E-state index in [4.69, 9.17) is 4.98 Å². The van der Waals surface area contributed by atoms with E-state index < -0.39 is 0 Å². The predicted molar refractivity (Wildman–Crippen MR) is 78.7 cm³/mol. The molecule has 1 aliphatic rings. The van der Waals surface area contributed by atoms with Gasteiger partial charge in [0, 0.05) is 29.9 Å². The van der Waals surface area contributed by atoms with Gasteiger partial charge in [0.1, 0.15) is 5.82 Å². The van der Waals surface area contributed by atoms with Gasteiger partial charge in [-0.2, -0.15) is 0 Å². The topological polar surface area (TPSA) is 58.6 Å². The van der Waals surface area contributed by atoms with Crippen LogP contribution >= 0.6 is 0 Å². The molecule has 1 aliphatic carbocycles. The molecule has 2 aromatic rings. The molecule has 3 rings (SSSR count). The number of aromatic amines is 1. The number of hydrogen-bond acceptors (Lipinski definition) is 3. The summed E-state index contributed by atoms with van der Waals surface area (Å²) >= 11 is 0. The van der Waals surface area contributed by atoms with Gasteiger partial charge < -0.3 is 4.98 Å². The molecule has 1 N–H and O–H groups in total. The summed E-state index contributed by atoms with van der Waals surface area (Å²) < 4.78 is 0. The second kappa shape index (κ2) is 5.57. The first kappa shape index (κ1) is 13.0. The van der Waals surface area contributed by atoms with E-state index in [0.29, 0.717) is 11.7 Å². The molecule has 0 unspecified atom stereocenters. The summed E-state index contributed by atoms with van der Waals surface area (Å²) in [5.41, 5.74) is 2.98. The molecule has 0 saturated heterocycles. The van der Waals surface area contributed by atoms with E-state index in [2.05, 4.69) is 16.9 Å². The Kier molecular flexibility index (Phi) is 3.63. The van der Waals surface area contributed by atoms with Gasteiger partial charge in [-0.25, -0.2) is 4.98 Å². The summed E-state index contributed by atoms with van der Waals surface area (Å²) in [4.78, 5) is 23.7. The average Bonchev–Trinajstić information content (AvgIpc) is 3.01. The van der Waals surface area contributed by atoms with E-state index in [1.54, 1.807) is 12.3 Å². The molecule has 0 bridgehead atoms. The predicted octanol–water partition coefficient (Wildman–Crippen LogP) is 3.05. The molecule has 0 aliphatic heterocycles. The second-order valence-corrected chi connectivity index (χ2v) is 5.39. The van der Waals surface area contributed by atoms with Crippen molar-refractivity contribution in [1.82, 2.24) is 15.0 Å². The molecule has 2 aromatic heterocycles. The Morgan fingerprint density at radius 2 is 2.15 bits per heavy atom. The first-order chi connectivity index (χ1) is 9.78. The van der Waals surface area contributed by atoms with Crippen molar-refractivity contribution in [3.63, 3.8) is 0 Å². The van der Waals surface area contributed by atoms with Gasteiger partial charge in [-0.05, 0) is 30.9 Å². The molecule has 20 heavy (non-hydrogen) atoms. The molecule has 4 nitrogen and oxygen atoms in total. The summed E-state index contributed by atoms with van der Waals surface area (Å²) in [7, 11) is 0. The molecular formula is C16H19N3O. The zero-order valence-electron chi connectivity index (χ0n) is 11.7. The van der Waals surface area contributed by atoms with Crippen LogP contribution in [-0.2, 0) is 6.42 Å². The largest absolute Gasteiger partial charge is 0.307 e. The number of pyridine rings is 1. The van der Waals surface area contributed by atoms with Crippen LogP contribution in [0.15, 0.2) is 29.3 Å². The Morgan fingerprint density at radius 1 is 1.35 bits per heavy atom. The number of rotatable bonds is 3. The first-order valence-corrected chi connectivity index (χ1v) is 7.32. The molecule has 2 heterocycles. The first-order valence-electron chi connectivity index (χ1n) is 7.32. The Hall–Kier alpha value is -1.97. The average molecular weight is 269 g/mol. The smallest absolute Gasteiger partial charge is 0.251 e. The fraction of sp³-hybridized carbons (Fsp3) is 0.438. The molecule has 0 atom stereocenters. The molecule has 1 saturated carbocycles. The zero-order chi connectivity index (χ0) is 13.9. The van der Waals surface area contributed by atoms with E-state index in [0.717, 1.165) is 36.1 Å². The van der Waals surface area contributed by atoms with Crippen LogP contribution in [0, 0.1) is 0 Å². The third-order valence-corrected chi connectivity index (χ3v) is 4.07. The Morgan fingerprint density at radius 3 is 2.90 bits per heavy atom. The fourth-order valence-electron chi connectivity index (χ4n) is 2.97. The van der Waals surface area contributed by atoms with Crippen molar-refractivity contribution < 1.29 is 0 Å². The Labute approximate surface area is 118 Å². The molecule has 1 fully saturated rings. The summed E-state index contributed by atoms with van der Waals surface area (Å²) in [6.07, 6.45) is 9.24. The van der Waals surface area contributed by atoms with E-state index in [9.17, 15) is 4.79 Å². The molecule has 104 valence electrons. The minimum absolute atomic E-state index is 0.0595. The van der Waals surface area contributed by atoms with Crippen molar-refractivity contribution >= 4 is 0 Å². The minimum Gasteiger partial charge on any atom is -0.307 e. The number of aryl methyl sites for hydroxylation is 1. The van der Waals surface area contributed by atoms with Gasteiger partial charge in [-0.1, -0.05) is 19.8 Å². The van der Waals surface area contributed by atoms with Gasteiger partial charge in [0.2, 0.25) is 0 Å². The maximum atomic E-state index is 11.9. The van der Waals surface area contributed by atoms with E-state index >= 15 is 0 Å². The van der Waals surface area contributed by atoms with Crippen LogP contribution in [0.4, 0.5) is 0 Å². The van der Waals surface area contributed by atoms with Gasteiger partial charge in [0.15, 0.2) is 0 Å². The second-order valence-electron chi connectivity index (χ2n) is 5.39. The zero-order valence-corrected chi connectivity index (χ0v) is 11.7. The van der Waals surface area contributed by atoms with Crippen molar-refractivity contribution in [2.45, 2.75) is 44.9 Å². The normalized spacial score (nSPS) is 15.7. The highest BCUT2D eigenvalue weighted by Crippen LogP contribution is 2.33. The van der Waals surface area contributed by atoms with Crippen molar-refractivity contribution in [3.05, 3.63) is 46.1 Å². The molecule has 0 amide bonds. The lowest BCUT2D eigenvalue weighted by atomic mass is 10.0. The van der Waals surface area contributed by atoms with Crippen LogP contribution in [0.5, 0.6) is 0 Å². The van der Waals surface area contributed by atoms with Crippen LogP contribution < -0.4 is 5.56 Å². The van der Waals surface area contributed by atoms with Crippen LogP contribution in [0.3, 0.4) is 0 Å². The monoisotopic (exact) mass is 269 g/mol. The van der Waals surface area contributed by atoms with Crippen LogP contribution in [0.2, 0.25) is 0 Å². The maximum absolute atomic E-state index is 11.9. The molecule has 0 spiro atoms. The number of hydrogen-bond donors (Lipinski definition) is 1. The highest BCUT2D eigenvalue weighted by molar-refractivity contribution is 5.59. The van der Waals surface area contributed by atoms with Gasteiger partial charge >= 0.3 is 0 Å². The molecule has 0 radical (unpaired) electrons. The van der Waals surface area contributed by atoms with Crippen LogP contribution in [0.25, 0.3) is 11.4 Å². The summed E-state index contributed by atoms with van der Waals surface area (Å²) in [5, 5.41) is 0. The van der Waals surface area contributed by atoms with Gasteiger partial charge in [0.05, 0.1) is 5.69 Å². The van der Waals surface area contributed by atoms with Gasteiger partial charge in [0.25, 0.3) is 5.56 Å². The standard InChI is InChI=1S/C16H19N3O/c1-2-11-10-17-8-7-13(11)16-18-14(9-15(20)19-16)12-5-3-4-6-12/h7-10,12H,2-6H2,1H3,(H,18,19,20). The van der Waals surface area contributed by atoms with Crippen LogP contribution in [0.1, 0.15) is 49.8 Å². The minimum atomic E-state index is -0.0595. The number of nitrogens with one attached hydrogen (secondary N) is 1. The lowest BCUT2D eigenvalue weighted by molar-refractivity contribution is 0.693. The molecular weight excluding hydrogens is 250 g/mol. The van der Waals surface area contributed by atoms with E-state index in [1.807, 2.05) is 12.3 Å². The third kappa shape index (κ3) is 2.50. The van der Waals surface area contributed by atoms with Crippen LogP contribution in [-0.4, -0.2) is 15.0 Å². The molecule has 0 aromatic carbocycles. The van der Waals surface area contributed by atoms with E-state index in [1.165, 1.54) is 12.8 Å². The summed E-state index contributed by atoms with van der Waals surface area (Å²) in [6.45, 7) is 2.08.